The van der Waals surface area contributed by atoms with Crippen molar-refractivity contribution in [2.24, 2.45) is 0 Å². The summed E-state index contributed by atoms with van der Waals surface area (Å²) in [5.74, 6) is -2.46. The van der Waals surface area contributed by atoms with E-state index in [1.165, 1.54) is 49.4 Å². The summed E-state index contributed by atoms with van der Waals surface area (Å²) in [5, 5.41) is 2.51. The Kier molecular flexibility index (Phi) is 5.49. The van der Waals surface area contributed by atoms with Gasteiger partial charge in [-0.1, -0.05) is 6.07 Å². The fourth-order valence-electron chi connectivity index (χ4n) is 2.70. The summed E-state index contributed by atoms with van der Waals surface area (Å²) < 4.78 is 18.1. The number of benzene rings is 2. The van der Waals surface area contributed by atoms with E-state index in [1.807, 2.05) is 0 Å². The Morgan fingerprint density at radius 2 is 1.71 bits per heavy atom. The highest BCUT2D eigenvalue weighted by Crippen LogP contribution is 2.24. The number of amides is 3. The maximum Gasteiger partial charge on any atom is 0.338 e. The number of hydrogen-bond acceptors (Lipinski definition) is 5. The molecule has 1 saturated heterocycles. The van der Waals surface area contributed by atoms with Gasteiger partial charge in [0, 0.05) is 18.5 Å². The Bertz CT molecular complexity index is 926. The maximum atomic E-state index is 12.9. The summed E-state index contributed by atoms with van der Waals surface area (Å²) in [6, 6.07) is 11.0. The van der Waals surface area contributed by atoms with Crippen LogP contribution in [0, 0.1) is 5.82 Å². The van der Waals surface area contributed by atoms with Crippen molar-refractivity contribution in [3.05, 3.63) is 59.9 Å². The van der Waals surface area contributed by atoms with Gasteiger partial charge in [0.25, 0.3) is 5.91 Å². The molecule has 0 radical (unpaired) electrons. The van der Waals surface area contributed by atoms with Crippen LogP contribution < -0.4 is 10.2 Å². The molecule has 2 aromatic carbocycles. The highest BCUT2D eigenvalue weighted by Gasteiger charge is 2.30. The van der Waals surface area contributed by atoms with Crippen LogP contribution in [0.1, 0.15) is 30.1 Å². The Morgan fingerprint density at radius 1 is 1.07 bits per heavy atom. The van der Waals surface area contributed by atoms with Crippen LogP contribution in [0.3, 0.4) is 0 Å². The van der Waals surface area contributed by atoms with Crippen LogP contribution in [0.15, 0.2) is 48.5 Å². The van der Waals surface area contributed by atoms with Gasteiger partial charge in [-0.05, 0) is 49.4 Å². The van der Waals surface area contributed by atoms with Gasteiger partial charge < -0.3 is 10.1 Å². The molecule has 1 N–H and O–H groups in total. The minimum Gasteiger partial charge on any atom is -0.449 e. The molecule has 0 spiro atoms. The number of carbonyl (C=O) groups is 4. The zero-order chi connectivity index (χ0) is 20.3. The summed E-state index contributed by atoms with van der Waals surface area (Å²) in [6.45, 7) is 1.40. The topological polar surface area (TPSA) is 92.8 Å². The Labute approximate surface area is 160 Å². The van der Waals surface area contributed by atoms with Crippen LogP contribution in [0.4, 0.5) is 15.8 Å². The Hall–Kier alpha value is -3.55. The van der Waals surface area contributed by atoms with Crippen LogP contribution in [-0.4, -0.2) is 29.8 Å². The van der Waals surface area contributed by atoms with E-state index in [9.17, 15) is 23.6 Å². The smallest absolute Gasteiger partial charge is 0.338 e. The largest absolute Gasteiger partial charge is 0.449 e. The van der Waals surface area contributed by atoms with Crippen molar-refractivity contribution in [1.29, 1.82) is 0 Å². The van der Waals surface area contributed by atoms with Gasteiger partial charge in [-0.2, -0.15) is 0 Å². The normalized spacial score (nSPS) is 14.7. The van der Waals surface area contributed by atoms with E-state index >= 15 is 0 Å². The first-order valence-electron chi connectivity index (χ1n) is 8.58. The predicted octanol–water partition coefficient (Wildman–Crippen LogP) is 2.66. The second kappa shape index (κ2) is 7.99. The van der Waals surface area contributed by atoms with Gasteiger partial charge in [0.05, 0.1) is 11.3 Å². The average Bonchev–Trinajstić information content (AvgIpc) is 3.01. The molecule has 0 saturated carbocycles. The summed E-state index contributed by atoms with van der Waals surface area (Å²) in [4.78, 5) is 49.2. The molecule has 3 rings (SSSR count). The number of rotatable bonds is 5. The monoisotopic (exact) mass is 384 g/mol. The van der Waals surface area contributed by atoms with Crippen molar-refractivity contribution in [3.63, 3.8) is 0 Å². The lowest BCUT2D eigenvalue weighted by molar-refractivity contribution is -0.124. The molecule has 1 aliphatic heterocycles. The van der Waals surface area contributed by atoms with Gasteiger partial charge in [0.1, 0.15) is 5.82 Å². The first-order chi connectivity index (χ1) is 13.3. The molecule has 0 aromatic heterocycles. The standard InChI is InChI=1S/C20H17FN2O5/c1-12(19(26)22-15-7-5-14(21)6-8-15)28-20(27)13-3-2-4-16(11-13)23-17(24)9-10-18(23)25/h2-8,11-12H,9-10H2,1H3,(H,22,26)/t12-/m1/s1. The molecule has 7 nitrogen and oxygen atoms in total. The molecular weight excluding hydrogens is 367 g/mol. The third-order valence-electron chi connectivity index (χ3n) is 4.16. The minimum absolute atomic E-state index is 0.103. The van der Waals surface area contributed by atoms with Crippen LogP contribution >= 0.6 is 0 Å². The van der Waals surface area contributed by atoms with Crippen molar-refractivity contribution in [3.8, 4) is 0 Å². The minimum atomic E-state index is -1.11. The number of halogens is 1. The van der Waals surface area contributed by atoms with Gasteiger partial charge in [-0.15, -0.1) is 0 Å². The molecule has 8 heteroatoms. The van der Waals surface area contributed by atoms with E-state index in [-0.39, 0.29) is 35.9 Å². The van der Waals surface area contributed by atoms with Gasteiger partial charge in [0.15, 0.2) is 6.10 Å². The number of nitrogens with zero attached hydrogens (tertiary/aromatic N) is 1. The van der Waals surface area contributed by atoms with E-state index in [0.29, 0.717) is 5.69 Å². The van der Waals surface area contributed by atoms with Crippen molar-refractivity contribution in [2.75, 3.05) is 10.2 Å². The number of ether oxygens (including phenoxy) is 1. The van der Waals surface area contributed by atoms with Crippen LogP contribution in [0.5, 0.6) is 0 Å². The van der Waals surface area contributed by atoms with Gasteiger partial charge in [-0.3, -0.25) is 19.3 Å². The molecule has 1 heterocycles. The highest BCUT2D eigenvalue weighted by atomic mass is 19.1. The fourth-order valence-corrected chi connectivity index (χ4v) is 2.70. The third-order valence-corrected chi connectivity index (χ3v) is 4.16. The van der Waals surface area contributed by atoms with E-state index in [2.05, 4.69) is 5.32 Å². The molecule has 28 heavy (non-hydrogen) atoms. The second-order valence-corrected chi connectivity index (χ2v) is 6.22. The van der Waals surface area contributed by atoms with Gasteiger partial charge in [0.2, 0.25) is 11.8 Å². The van der Waals surface area contributed by atoms with Crippen molar-refractivity contribution >= 4 is 35.1 Å². The number of imide groups is 1. The molecule has 1 aliphatic rings. The Morgan fingerprint density at radius 3 is 2.36 bits per heavy atom. The van der Waals surface area contributed by atoms with Gasteiger partial charge in [-0.25, -0.2) is 9.18 Å². The number of nitrogens with one attached hydrogen (secondary N) is 1. The lowest BCUT2D eigenvalue weighted by Gasteiger charge is -2.16. The molecule has 144 valence electrons. The first kappa shape index (κ1) is 19.2. The van der Waals surface area contributed by atoms with Crippen molar-refractivity contribution in [1.82, 2.24) is 0 Å². The third kappa shape index (κ3) is 4.22. The summed E-state index contributed by atoms with van der Waals surface area (Å²) in [6.07, 6.45) is -0.849. The number of anilines is 2. The maximum absolute atomic E-state index is 12.9. The van der Waals surface area contributed by atoms with E-state index < -0.39 is 23.8 Å². The highest BCUT2D eigenvalue weighted by molar-refractivity contribution is 6.20. The molecule has 2 aromatic rings. The molecule has 0 bridgehead atoms. The molecule has 0 aliphatic carbocycles. The summed E-state index contributed by atoms with van der Waals surface area (Å²) in [7, 11) is 0. The van der Waals surface area contributed by atoms with E-state index in [1.54, 1.807) is 6.07 Å². The molecular formula is C20H17FN2O5. The average molecular weight is 384 g/mol. The molecule has 1 fully saturated rings. The quantitative estimate of drug-likeness (QED) is 0.632. The lowest BCUT2D eigenvalue weighted by atomic mass is 10.2. The second-order valence-electron chi connectivity index (χ2n) is 6.22. The van der Waals surface area contributed by atoms with Crippen LogP contribution in [-0.2, 0) is 19.1 Å². The first-order valence-corrected chi connectivity index (χ1v) is 8.58. The molecule has 1 atom stereocenters. The van der Waals surface area contributed by atoms with Crippen LogP contribution in [0.2, 0.25) is 0 Å². The zero-order valence-electron chi connectivity index (χ0n) is 15.0. The number of carbonyl (C=O) groups excluding carboxylic acids is 4. The van der Waals surface area contributed by atoms with E-state index in [4.69, 9.17) is 4.74 Å². The van der Waals surface area contributed by atoms with Gasteiger partial charge >= 0.3 is 5.97 Å². The summed E-state index contributed by atoms with van der Waals surface area (Å²) >= 11 is 0. The Balaban J connectivity index is 1.66. The molecule has 0 unspecified atom stereocenters. The van der Waals surface area contributed by atoms with E-state index in [0.717, 1.165) is 4.90 Å². The fraction of sp³-hybridized carbons (Fsp3) is 0.200. The number of hydrogen-bond donors (Lipinski definition) is 1. The van der Waals surface area contributed by atoms with Crippen molar-refractivity contribution < 1.29 is 28.3 Å². The number of esters is 1. The molecule has 3 amide bonds. The predicted molar refractivity (Wildman–Crippen MR) is 98.1 cm³/mol. The SMILES string of the molecule is C[C@@H](OC(=O)c1cccc(N2C(=O)CCC2=O)c1)C(=O)Nc1ccc(F)cc1. The van der Waals surface area contributed by atoms with Crippen molar-refractivity contribution in [2.45, 2.75) is 25.9 Å². The zero-order valence-corrected chi connectivity index (χ0v) is 15.0. The van der Waals surface area contributed by atoms with Crippen LogP contribution in [0.25, 0.3) is 0 Å². The lowest BCUT2D eigenvalue weighted by Crippen LogP contribution is -2.30. The summed E-state index contributed by atoms with van der Waals surface area (Å²) in [5.41, 5.74) is 0.749.